The smallest absolute Gasteiger partial charge is 0.342 e. The summed E-state index contributed by atoms with van der Waals surface area (Å²) in [6, 6.07) is 2.72. The Bertz CT molecular complexity index is 781. The molecule has 2 rings (SSSR count). The van der Waals surface area contributed by atoms with E-state index in [1.165, 1.54) is 13.1 Å². The van der Waals surface area contributed by atoms with E-state index in [0.717, 1.165) is 5.56 Å². The van der Waals surface area contributed by atoms with Gasteiger partial charge in [0.2, 0.25) is 5.82 Å². The molecule has 0 bridgehead atoms. The summed E-state index contributed by atoms with van der Waals surface area (Å²) in [7, 11) is 0. The molecule has 1 atom stereocenters. The Labute approximate surface area is 123 Å². The van der Waals surface area contributed by atoms with Gasteiger partial charge in [0.1, 0.15) is 6.04 Å². The lowest BCUT2D eigenvalue weighted by Crippen LogP contribution is -2.38. The number of rotatable bonds is 5. The SMILES string of the molecule is CC(Nc1n[nH]c(=O)[nH]c1=O)C(=O)N/N=C/c1cccnc1. The van der Waals surface area contributed by atoms with E-state index in [2.05, 4.69) is 31.0 Å². The molecule has 0 saturated carbocycles. The topological polar surface area (TPSA) is 145 Å². The van der Waals surface area contributed by atoms with Crippen molar-refractivity contribution in [1.82, 2.24) is 25.6 Å². The van der Waals surface area contributed by atoms with E-state index < -0.39 is 23.2 Å². The van der Waals surface area contributed by atoms with Crippen molar-refractivity contribution in [2.24, 2.45) is 5.10 Å². The largest absolute Gasteiger partial charge is 0.353 e. The van der Waals surface area contributed by atoms with E-state index in [0.29, 0.717) is 0 Å². The average Bonchev–Trinajstić information content (AvgIpc) is 2.51. The maximum atomic E-state index is 11.8. The maximum Gasteiger partial charge on any atom is 0.342 e. The second kappa shape index (κ2) is 6.92. The van der Waals surface area contributed by atoms with E-state index in [1.807, 2.05) is 4.98 Å². The van der Waals surface area contributed by atoms with Gasteiger partial charge in [0.15, 0.2) is 0 Å². The van der Waals surface area contributed by atoms with Crippen molar-refractivity contribution in [3.8, 4) is 0 Å². The minimum Gasteiger partial charge on any atom is -0.353 e. The number of hydrogen-bond acceptors (Lipinski definition) is 7. The van der Waals surface area contributed by atoms with Crippen molar-refractivity contribution in [3.63, 3.8) is 0 Å². The summed E-state index contributed by atoms with van der Waals surface area (Å²) in [5.74, 6) is -0.647. The van der Waals surface area contributed by atoms with Crippen molar-refractivity contribution in [3.05, 3.63) is 50.9 Å². The van der Waals surface area contributed by atoms with Crippen LogP contribution in [0.5, 0.6) is 0 Å². The molecule has 1 amide bonds. The van der Waals surface area contributed by atoms with Gasteiger partial charge in [-0.2, -0.15) is 5.10 Å². The van der Waals surface area contributed by atoms with Crippen LogP contribution < -0.4 is 22.0 Å². The Morgan fingerprint density at radius 3 is 2.95 bits per heavy atom. The number of pyridine rings is 1. The summed E-state index contributed by atoms with van der Waals surface area (Å²) in [5.41, 5.74) is 1.59. The molecule has 4 N–H and O–H groups in total. The molecule has 2 aromatic heterocycles. The number of aromatic nitrogens is 4. The first-order valence-corrected chi connectivity index (χ1v) is 6.25. The quantitative estimate of drug-likeness (QED) is 0.403. The molecule has 0 radical (unpaired) electrons. The Kier molecular flexibility index (Phi) is 4.75. The molecule has 0 aliphatic heterocycles. The second-order valence-electron chi connectivity index (χ2n) is 4.24. The van der Waals surface area contributed by atoms with Crippen LogP contribution in [0.25, 0.3) is 0 Å². The van der Waals surface area contributed by atoms with Gasteiger partial charge in [-0.1, -0.05) is 6.07 Å². The number of hydrazone groups is 1. The van der Waals surface area contributed by atoms with Crippen LogP contribution in [0.1, 0.15) is 12.5 Å². The zero-order chi connectivity index (χ0) is 15.9. The minimum absolute atomic E-state index is 0.168. The van der Waals surface area contributed by atoms with Gasteiger partial charge < -0.3 is 5.32 Å². The predicted molar refractivity (Wildman–Crippen MR) is 78.5 cm³/mol. The van der Waals surface area contributed by atoms with Crippen LogP contribution in [0, 0.1) is 0 Å². The Hall–Kier alpha value is -3.30. The van der Waals surface area contributed by atoms with E-state index in [-0.39, 0.29) is 5.82 Å². The van der Waals surface area contributed by atoms with Gasteiger partial charge in [0, 0.05) is 18.0 Å². The van der Waals surface area contributed by atoms with Crippen LogP contribution in [-0.4, -0.2) is 38.3 Å². The second-order valence-corrected chi connectivity index (χ2v) is 4.24. The van der Waals surface area contributed by atoms with Crippen LogP contribution >= 0.6 is 0 Å². The summed E-state index contributed by atoms with van der Waals surface area (Å²) in [6.07, 6.45) is 4.64. The predicted octanol–water partition coefficient (Wildman–Crippen LogP) is -1.20. The monoisotopic (exact) mass is 303 g/mol. The molecule has 10 heteroatoms. The Balaban J connectivity index is 1.93. The van der Waals surface area contributed by atoms with Gasteiger partial charge in [-0.25, -0.2) is 15.3 Å². The lowest BCUT2D eigenvalue weighted by molar-refractivity contribution is -0.121. The maximum absolute atomic E-state index is 11.8. The third-order valence-corrected chi connectivity index (χ3v) is 2.53. The lowest BCUT2D eigenvalue weighted by Gasteiger charge is -2.11. The zero-order valence-corrected chi connectivity index (χ0v) is 11.5. The highest BCUT2D eigenvalue weighted by atomic mass is 16.2. The molecule has 0 aliphatic carbocycles. The molecular formula is C12H13N7O3. The molecule has 2 heterocycles. The number of H-pyrrole nitrogens is 2. The standard InChI is InChI=1S/C12H13N7O3/c1-7(15-9-11(21)16-12(22)19-17-9)10(20)18-14-6-8-3-2-4-13-5-8/h2-7H,1H3,(H,15,17)(H,18,20)(H2,16,19,21,22)/b14-6+. The highest BCUT2D eigenvalue weighted by molar-refractivity contribution is 5.86. The summed E-state index contributed by atoms with van der Waals surface area (Å²) < 4.78 is 0. The third-order valence-electron chi connectivity index (χ3n) is 2.53. The highest BCUT2D eigenvalue weighted by Crippen LogP contribution is 1.94. The fourth-order valence-corrected chi connectivity index (χ4v) is 1.44. The Morgan fingerprint density at radius 1 is 1.45 bits per heavy atom. The van der Waals surface area contributed by atoms with Crippen molar-refractivity contribution in [1.29, 1.82) is 0 Å². The first-order valence-electron chi connectivity index (χ1n) is 6.25. The molecule has 2 aromatic rings. The summed E-state index contributed by atoms with van der Waals surface area (Å²) in [5, 5.41) is 11.9. The van der Waals surface area contributed by atoms with Gasteiger partial charge in [-0.15, -0.1) is 5.10 Å². The van der Waals surface area contributed by atoms with Crippen LogP contribution in [0.4, 0.5) is 5.82 Å². The number of carbonyl (C=O) groups is 1. The summed E-state index contributed by atoms with van der Waals surface area (Å²) >= 11 is 0. The number of nitrogens with one attached hydrogen (secondary N) is 4. The van der Waals surface area contributed by atoms with Crippen LogP contribution in [-0.2, 0) is 4.79 Å². The molecule has 0 spiro atoms. The van der Waals surface area contributed by atoms with Crippen molar-refractivity contribution in [2.45, 2.75) is 13.0 Å². The van der Waals surface area contributed by atoms with Gasteiger partial charge >= 0.3 is 5.69 Å². The van der Waals surface area contributed by atoms with Crippen molar-refractivity contribution in [2.75, 3.05) is 5.32 Å². The normalized spacial score (nSPS) is 12.0. The van der Waals surface area contributed by atoms with Gasteiger partial charge in [-0.05, 0) is 13.0 Å². The van der Waals surface area contributed by atoms with Gasteiger partial charge in [0.25, 0.3) is 11.5 Å². The fraction of sp³-hybridized carbons (Fsp3) is 0.167. The van der Waals surface area contributed by atoms with E-state index >= 15 is 0 Å². The van der Waals surface area contributed by atoms with Crippen molar-refractivity contribution < 1.29 is 4.79 Å². The first-order chi connectivity index (χ1) is 10.6. The summed E-state index contributed by atoms with van der Waals surface area (Å²) in [6.45, 7) is 1.52. The minimum atomic E-state index is -0.787. The molecule has 0 aromatic carbocycles. The average molecular weight is 303 g/mol. The third kappa shape index (κ3) is 4.10. The summed E-state index contributed by atoms with van der Waals surface area (Å²) in [4.78, 5) is 39.9. The van der Waals surface area contributed by atoms with Crippen LogP contribution in [0.15, 0.2) is 39.2 Å². The zero-order valence-electron chi connectivity index (χ0n) is 11.5. The molecule has 1 unspecified atom stereocenters. The van der Waals surface area contributed by atoms with E-state index in [9.17, 15) is 14.4 Å². The highest BCUT2D eigenvalue weighted by Gasteiger charge is 2.14. The molecule has 0 fully saturated rings. The Morgan fingerprint density at radius 2 is 2.27 bits per heavy atom. The number of aromatic amines is 2. The van der Waals surface area contributed by atoms with Gasteiger partial charge in [0.05, 0.1) is 6.21 Å². The lowest BCUT2D eigenvalue weighted by atomic mass is 10.3. The molecule has 0 saturated heterocycles. The van der Waals surface area contributed by atoms with E-state index in [4.69, 9.17) is 0 Å². The first kappa shape index (κ1) is 15.1. The van der Waals surface area contributed by atoms with Crippen LogP contribution in [0.2, 0.25) is 0 Å². The molecule has 22 heavy (non-hydrogen) atoms. The molecule has 114 valence electrons. The van der Waals surface area contributed by atoms with E-state index in [1.54, 1.807) is 24.5 Å². The van der Waals surface area contributed by atoms with Crippen molar-refractivity contribution >= 4 is 17.9 Å². The molecular weight excluding hydrogens is 290 g/mol. The molecule has 0 aliphatic rings. The fourth-order valence-electron chi connectivity index (χ4n) is 1.44. The van der Waals surface area contributed by atoms with Crippen LogP contribution in [0.3, 0.4) is 0 Å². The number of amides is 1. The van der Waals surface area contributed by atoms with Gasteiger partial charge in [-0.3, -0.25) is 19.6 Å². The number of carbonyl (C=O) groups excluding carboxylic acids is 1. The number of nitrogens with zero attached hydrogens (tertiary/aromatic N) is 3. The number of anilines is 1. The number of hydrogen-bond donors (Lipinski definition) is 4. The molecule has 10 nitrogen and oxygen atoms in total.